The second-order valence-electron chi connectivity index (χ2n) is 4.97. The molecule has 1 saturated heterocycles. The van der Waals surface area contributed by atoms with Crippen LogP contribution in [0.1, 0.15) is 19.4 Å². The molecule has 0 aliphatic carbocycles. The third-order valence-corrected chi connectivity index (χ3v) is 4.40. The van der Waals surface area contributed by atoms with E-state index in [9.17, 15) is 4.39 Å². The summed E-state index contributed by atoms with van der Waals surface area (Å²) in [5.74, 6) is -0.156. The lowest BCUT2D eigenvalue weighted by atomic mass is 10.1. The maximum absolute atomic E-state index is 13.3. The Hall–Kier alpha value is -0.740. The quantitative estimate of drug-likeness (QED) is 0.907. The summed E-state index contributed by atoms with van der Waals surface area (Å²) in [5.41, 5.74) is 2.22. The van der Waals surface area contributed by atoms with Gasteiger partial charge in [-0.1, -0.05) is 13.8 Å². The molecular formula is C14H21FN2S. The highest BCUT2D eigenvalue weighted by Gasteiger charge is 2.23. The van der Waals surface area contributed by atoms with Crippen LogP contribution in [0.3, 0.4) is 0 Å². The summed E-state index contributed by atoms with van der Waals surface area (Å²) >= 11 is 2.03. The highest BCUT2D eigenvalue weighted by Crippen LogP contribution is 2.30. The van der Waals surface area contributed by atoms with Crippen LogP contribution in [-0.2, 0) is 6.54 Å². The summed E-state index contributed by atoms with van der Waals surface area (Å²) in [6.45, 7) is 7.30. The van der Waals surface area contributed by atoms with Crippen molar-refractivity contribution in [2.24, 2.45) is 0 Å². The molecule has 2 unspecified atom stereocenters. The van der Waals surface area contributed by atoms with Crippen LogP contribution in [0.15, 0.2) is 18.2 Å². The van der Waals surface area contributed by atoms with Gasteiger partial charge in [-0.3, -0.25) is 0 Å². The molecule has 1 N–H and O–H groups in total. The minimum atomic E-state index is -0.156. The standard InChI is InChI=1S/C14H21FN2S/c1-10-8-17(9-11(2)18-10)14-5-4-13(15)6-12(14)7-16-3/h4-6,10-11,16H,7-9H2,1-3H3. The fourth-order valence-electron chi connectivity index (χ4n) is 2.57. The average molecular weight is 268 g/mol. The molecule has 1 aromatic carbocycles. The van der Waals surface area contributed by atoms with Crippen LogP contribution in [0.4, 0.5) is 10.1 Å². The van der Waals surface area contributed by atoms with Crippen molar-refractivity contribution in [2.75, 3.05) is 25.0 Å². The first-order valence-corrected chi connectivity index (χ1v) is 7.38. The average Bonchev–Trinajstić information content (AvgIpc) is 2.28. The number of halogens is 1. The van der Waals surface area contributed by atoms with E-state index in [1.807, 2.05) is 24.9 Å². The topological polar surface area (TPSA) is 15.3 Å². The Bertz CT molecular complexity index is 401. The molecule has 2 rings (SSSR count). The van der Waals surface area contributed by atoms with Crippen LogP contribution < -0.4 is 10.2 Å². The highest BCUT2D eigenvalue weighted by atomic mass is 32.2. The monoisotopic (exact) mass is 268 g/mol. The molecule has 4 heteroatoms. The maximum atomic E-state index is 13.3. The molecule has 0 bridgehead atoms. The van der Waals surface area contributed by atoms with Crippen molar-refractivity contribution in [1.82, 2.24) is 5.32 Å². The zero-order valence-corrected chi connectivity index (χ0v) is 12.1. The van der Waals surface area contributed by atoms with Gasteiger partial charge in [-0.25, -0.2) is 4.39 Å². The van der Waals surface area contributed by atoms with E-state index in [0.29, 0.717) is 17.0 Å². The van der Waals surface area contributed by atoms with Gasteiger partial charge in [0, 0.05) is 35.8 Å². The number of anilines is 1. The zero-order valence-electron chi connectivity index (χ0n) is 11.2. The third kappa shape index (κ3) is 3.18. The molecule has 2 atom stereocenters. The number of hydrogen-bond acceptors (Lipinski definition) is 3. The predicted octanol–water partition coefficient (Wildman–Crippen LogP) is 2.88. The Balaban J connectivity index is 2.25. The molecule has 0 radical (unpaired) electrons. The first kappa shape index (κ1) is 13.7. The van der Waals surface area contributed by atoms with E-state index < -0.39 is 0 Å². The lowest BCUT2D eigenvalue weighted by Crippen LogP contribution is -2.41. The summed E-state index contributed by atoms with van der Waals surface area (Å²) in [7, 11) is 1.89. The van der Waals surface area contributed by atoms with Crippen molar-refractivity contribution >= 4 is 17.4 Å². The van der Waals surface area contributed by atoms with Crippen molar-refractivity contribution in [3.63, 3.8) is 0 Å². The number of nitrogens with one attached hydrogen (secondary N) is 1. The minimum absolute atomic E-state index is 0.156. The largest absolute Gasteiger partial charge is 0.369 e. The summed E-state index contributed by atoms with van der Waals surface area (Å²) in [6.07, 6.45) is 0. The van der Waals surface area contributed by atoms with Gasteiger partial charge in [-0.05, 0) is 30.8 Å². The third-order valence-electron chi connectivity index (χ3n) is 3.17. The van der Waals surface area contributed by atoms with Gasteiger partial charge in [0.25, 0.3) is 0 Å². The number of benzene rings is 1. The molecule has 1 aliphatic heterocycles. The Morgan fingerprint density at radius 1 is 1.33 bits per heavy atom. The van der Waals surface area contributed by atoms with Crippen molar-refractivity contribution in [2.45, 2.75) is 30.9 Å². The van der Waals surface area contributed by atoms with Crippen molar-refractivity contribution in [3.8, 4) is 0 Å². The van der Waals surface area contributed by atoms with Gasteiger partial charge >= 0.3 is 0 Å². The van der Waals surface area contributed by atoms with Crippen LogP contribution in [0, 0.1) is 5.82 Å². The molecular weight excluding hydrogens is 247 g/mol. The molecule has 1 fully saturated rings. The predicted molar refractivity (Wildman–Crippen MR) is 77.9 cm³/mol. The zero-order chi connectivity index (χ0) is 13.1. The fraction of sp³-hybridized carbons (Fsp3) is 0.571. The van der Waals surface area contributed by atoms with Crippen LogP contribution in [0.25, 0.3) is 0 Å². The van der Waals surface area contributed by atoms with Crippen molar-refractivity contribution < 1.29 is 4.39 Å². The molecule has 0 saturated carbocycles. The highest BCUT2D eigenvalue weighted by molar-refractivity contribution is 8.00. The summed E-state index contributed by atoms with van der Waals surface area (Å²) in [6, 6.07) is 5.12. The van der Waals surface area contributed by atoms with E-state index in [1.54, 1.807) is 12.1 Å². The molecule has 18 heavy (non-hydrogen) atoms. The Morgan fingerprint density at radius 2 is 2.00 bits per heavy atom. The Kier molecular flexibility index (Phi) is 4.51. The molecule has 0 aromatic heterocycles. The summed E-state index contributed by atoms with van der Waals surface area (Å²) < 4.78 is 13.3. The number of hydrogen-bond donors (Lipinski definition) is 1. The summed E-state index contributed by atoms with van der Waals surface area (Å²) in [4.78, 5) is 2.39. The second-order valence-corrected chi connectivity index (χ2v) is 6.85. The smallest absolute Gasteiger partial charge is 0.123 e. The molecule has 1 aromatic rings. The van der Waals surface area contributed by atoms with Crippen LogP contribution in [0.5, 0.6) is 0 Å². The van der Waals surface area contributed by atoms with E-state index in [0.717, 1.165) is 18.7 Å². The second kappa shape index (κ2) is 5.93. The van der Waals surface area contributed by atoms with Gasteiger partial charge in [0.2, 0.25) is 0 Å². The molecule has 0 amide bonds. The van der Waals surface area contributed by atoms with Gasteiger partial charge in [-0.2, -0.15) is 11.8 Å². The van der Waals surface area contributed by atoms with Crippen LogP contribution in [0.2, 0.25) is 0 Å². The van der Waals surface area contributed by atoms with E-state index in [2.05, 4.69) is 24.1 Å². The molecule has 1 heterocycles. The van der Waals surface area contributed by atoms with E-state index in [4.69, 9.17) is 0 Å². The Labute approximate surface area is 113 Å². The van der Waals surface area contributed by atoms with Gasteiger partial charge in [0.05, 0.1) is 0 Å². The lowest BCUT2D eigenvalue weighted by molar-refractivity contribution is 0.622. The maximum Gasteiger partial charge on any atom is 0.123 e. The first-order valence-electron chi connectivity index (χ1n) is 6.43. The lowest BCUT2D eigenvalue weighted by Gasteiger charge is -2.37. The van der Waals surface area contributed by atoms with Crippen molar-refractivity contribution in [3.05, 3.63) is 29.6 Å². The Morgan fingerprint density at radius 3 is 2.61 bits per heavy atom. The number of nitrogens with zero attached hydrogens (tertiary/aromatic N) is 1. The number of rotatable bonds is 3. The molecule has 100 valence electrons. The van der Waals surface area contributed by atoms with Crippen LogP contribution >= 0.6 is 11.8 Å². The number of thioether (sulfide) groups is 1. The molecule has 2 nitrogen and oxygen atoms in total. The normalized spacial score (nSPS) is 24.3. The SMILES string of the molecule is CNCc1cc(F)ccc1N1CC(C)SC(C)C1. The minimum Gasteiger partial charge on any atom is -0.369 e. The molecule has 0 spiro atoms. The fourth-order valence-corrected chi connectivity index (χ4v) is 3.89. The molecule has 1 aliphatic rings. The summed E-state index contributed by atoms with van der Waals surface area (Å²) in [5, 5.41) is 4.37. The van der Waals surface area contributed by atoms with Gasteiger partial charge in [0.1, 0.15) is 5.82 Å². The van der Waals surface area contributed by atoms with E-state index in [1.165, 1.54) is 5.69 Å². The van der Waals surface area contributed by atoms with E-state index in [-0.39, 0.29) is 5.82 Å². The van der Waals surface area contributed by atoms with Crippen LogP contribution in [-0.4, -0.2) is 30.6 Å². The van der Waals surface area contributed by atoms with Gasteiger partial charge in [-0.15, -0.1) is 0 Å². The first-order chi connectivity index (χ1) is 8.60. The van der Waals surface area contributed by atoms with Gasteiger partial charge in [0.15, 0.2) is 0 Å². The van der Waals surface area contributed by atoms with Gasteiger partial charge < -0.3 is 10.2 Å². The van der Waals surface area contributed by atoms with E-state index >= 15 is 0 Å². The van der Waals surface area contributed by atoms with Crippen molar-refractivity contribution in [1.29, 1.82) is 0 Å².